The fourth-order valence-corrected chi connectivity index (χ4v) is 1.87. The van der Waals surface area contributed by atoms with Gasteiger partial charge in [-0.25, -0.2) is 8.78 Å². The molecular formula is C8H7BrClF2NO. The minimum absolute atomic E-state index is 0.00823. The van der Waals surface area contributed by atoms with Gasteiger partial charge in [0.25, 0.3) is 6.43 Å². The standard InChI is InChI=1S/C8H7BrClF2NO/c1-14-7-4(8(11)12)3-13-5(2-9)6(7)10/h3,8H,2H2,1H3. The van der Waals surface area contributed by atoms with Gasteiger partial charge < -0.3 is 4.74 Å². The largest absolute Gasteiger partial charge is 0.495 e. The van der Waals surface area contributed by atoms with E-state index in [2.05, 4.69) is 20.9 Å². The van der Waals surface area contributed by atoms with Crippen LogP contribution in [0.5, 0.6) is 5.75 Å². The molecule has 0 bridgehead atoms. The molecule has 14 heavy (non-hydrogen) atoms. The van der Waals surface area contributed by atoms with E-state index in [-0.39, 0.29) is 16.3 Å². The van der Waals surface area contributed by atoms with E-state index in [9.17, 15) is 8.78 Å². The molecule has 2 nitrogen and oxygen atoms in total. The predicted octanol–water partition coefficient (Wildman–Crippen LogP) is 3.58. The Morgan fingerprint density at radius 3 is 2.71 bits per heavy atom. The van der Waals surface area contributed by atoms with Crippen molar-refractivity contribution in [2.24, 2.45) is 0 Å². The summed E-state index contributed by atoms with van der Waals surface area (Å²) in [4.78, 5) is 3.79. The van der Waals surface area contributed by atoms with E-state index in [4.69, 9.17) is 16.3 Å². The van der Waals surface area contributed by atoms with Crippen LogP contribution in [-0.4, -0.2) is 12.1 Å². The molecule has 0 aliphatic heterocycles. The molecule has 1 rings (SSSR count). The minimum Gasteiger partial charge on any atom is -0.495 e. The number of hydrogen-bond donors (Lipinski definition) is 0. The third kappa shape index (κ3) is 2.15. The topological polar surface area (TPSA) is 22.1 Å². The summed E-state index contributed by atoms with van der Waals surface area (Å²) < 4.78 is 29.7. The first-order valence-corrected chi connectivity index (χ1v) is 5.17. The van der Waals surface area contributed by atoms with E-state index >= 15 is 0 Å². The van der Waals surface area contributed by atoms with Gasteiger partial charge in [-0.05, 0) is 0 Å². The number of ether oxygens (including phenoxy) is 1. The number of alkyl halides is 3. The quantitative estimate of drug-likeness (QED) is 0.792. The lowest BCUT2D eigenvalue weighted by molar-refractivity contribution is 0.146. The third-order valence-corrected chi connectivity index (χ3v) is 2.56. The molecule has 0 unspecified atom stereocenters. The Bertz CT molecular complexity index is 335. The van der Waals surface area contributed by atoms with Crippen molar-refractivity contribution in [2.45, 2.75) is 11.8 Å². The van der Waals surface area contributed by atoms with Gasteiger partial charge in [0.1, 0.15) is 10.8 Å². The van der Waals surface area contributed by atoms with Gasteiger partial charge in [0.05, 0.1) is 18.4 Å². The smallest absolute Gasteiger partial charge is 0.268 e. The van der Waals surface area contributed by atoms with Crippen molar-refractivity contribution in [1.29, 1.82) is 0 Å². The Morgan fingerprint density at radius 2 is 2.29 bits per heavy atom. The number of rotatable bonds is 3. The molecule has 0 aliphatic rings. The number of pyridine rings is 1. The van der Waals surface area contributed by atoms with Crippen LogP contribution in [-0.2, 0) is 5.33 Å². The van der Waals surface area contributed by atoms with Gasteiger partial charge in [-0.1, -0.05) is 27.5 Å². The first-order chi connectivity index (χ1) is 6.61. The molecular weight excluding hydrogens is 279 g/mol. The van der Waals surface area contributed by atoms with Crippen LogP contribution in [0.2, 0.25) is 5.02 Å². The summed E-state index contributed by atoms with van der Waals surface area (Å²) in [5.74, 6) is -0.00823. The Balaban J connectivity index is 3.28. The minimum atomic E-state index is -2.64. The van der Waals surface area contributed by atoms with Crippen LogP contribution in [0.25, 0.3) is 0 Å². The molecule has 0 N–H and O–H groups in total. The Morgan fingerprint density at radius 1 is 1.64 bits per heavy atom. The molecule has 0 saturated carbocycles. The van der Waals surface area contributed by atoms with E-state index in [1.165, 1.54) is 7.11 Å². The van der Waals surface area contributed by atoms with Crippen molar-refractivity contribution in [2.75, 3.05) is 7.11 Å². The van der Waals surface area contributed by atoms with E-state index in [1.807, 2.05) is 0 Å². The highest BCUT2D eigenvalue weighted by Crippen LogP contribution is 2.36. The van der Waals surface area contributed by atoms with Crippen molar-refractivity contribution < 1.29 is 13.5 Å². The predicted molar refractivity (Wildman–Crippen MR) is 53.4 cm³/mol. The van der Waals surface area contributed by atoms with Crippen molar-refractivity contribution in [1.82, 2.24) is 4.98 Å². The van der Waals surface area contributed by atoms with E-state index < -0.39 is 6.43 Å². The molecule has 0 amide bonds. The Labute approximate surface area is 93.4 Å². The molecule has 0 aromatic carbocycles. The maximum atomic E-state index is 12.4. The summed E-state index contributed by atoms with van der Waals surface area (Å²) in [5.41, 5.74) is 0.190. The molecule has 1 aromatic rings. The van der Waals surface area contributed by atoms with Crippen LogP contribution in [0.4, 0.5) is 8.78 Å². The van der Waals surface area contributed by atoms with Gasteiger partial charge in [0.15, 0.2) is 0 Å². The van der Waals surface area contributed by atoms with Crippen LogP contribution < -0.4 is 4.74 Å². The lowest BCUT2D eigenvalue weighted by atomic mass is 10.2. The third-order valence-electron chi connectivity index (χ3n) is 1.64. The summed E-state index contributed by atoms with van der Waals surface area (Å²) >= 11 is 8.95. The number of methoxy groups -OCH3 is 1. The SMILES string of the molecule is COc1c(C(F)F)cnc(CBr)c1Cl. The monoisotopic (exact) mass is 285 g/mol. The fraction of sp³-hybridized carbons (Fsp3) is 0.375. The molecule has 0 fully saturated rings. The summed E-state index contributed by atoms with van der Waals surface area (Å²) in [6.45, 7) is 0. The van der Waals surface area contributed by atoms with Crippen LogP contribution in [0.3, 0.4) is 0 Å². The lowest BCUT2D eigenvalue weighted by Crippen LogP contribution is -1.98. The molecule has 1 heterocycles. The van der Waals surface area contributed by atoms with Crippen molar-refractivity contribution in [3.05, 3.63) is 22.5 Å². The average molecular weight is 287 g/mol. The highest BCUT2D eigenvalue weighted by Gasteiger charge is 2.19. The number of hydrogen-bond acceptors (Lipinski definition) is 2. The normalized spacial score (nSPS) is 10.7. The zero-order chi connectivity index (χ0) is 10.7. The summed E-state index contributed by atoms with van der Waals surface area (Å²) in [7, 11) is 1.30. The van der Waals surface area contributed by atoms with Crippen LogP contribution >= 0.6 is 27.5 Å². The summed E-state index contributed by atoms with van der Waals surface area (Å²) in [5, 5.41) is 0.522. The van der Waals surface area contributed by atoms with E-state index in [0.29, 0.717) is 11.0 Å². The fourth-order valence-electron chi connectivity index (χ4n) is 0.977. The second-order valence-corrected chi connectivity index (χ2v) is 3.38. The van der Waals surface area contributed by atoms with Gasteiger partial charge in [-0.3, -0.25) is 4.98 Å². The molecule has 6 heteroatoms. The van der Waals surface area contributed by atoms with E-state index in [0.717, 1.165) is 6.20 Å². The van der Waals surface area contributed by atoms with Crippen LogP contribution in [0.15, 0.2) is 6.20 Å². The van der Waals surface area contributed by atoms with Crippen LogP contribution in [0.1, 0.15) is 17.7 Å². The zero-order valence-corrected chi connectivity index (χ0v) is 9.57. The number of nitrogens with zero attached hydrogens (tertiary/aromatic N) is 1. The second kappa shape index (κ2) is 4.89. The van der Waals surface area contributed by atoms with Crippen LogP contribution in [0, 0.1) is 0 Å². The summed E-state index contributed by atoms with van der Waals surface area (Å²) in [6.07, 6.45) is -1.56. The Hall–Kier alpha value is -0.420. The molecule has 0 spiro atoms. The lowest BCUT2D eigenvalue weighted by Gasteiger charge is -2.10. The first-order valence-electron chi connectivity index (χ1n) is 3.67. The van der Waals surface area contributed by atoms with Gasteiger partial charge in [-0.15, -0.1) is 0 Å². The van der Waals surface area contributed by atoms with E-state index in [1.54, 1.807) is 0 Å². The van der Waals surface area contributed by atoms with Gasteiger partial charge in [0, 0.05) is 11.5 Å². The Kier molecular flexibility index (Phi) is 4.07. The first kappa shape index (κ1) is 11.7. The number of halogens is 4. The van der Waals surface area contributed by atoms with Gasteiger partial charge >= 0.3 is 0 Å². The molecule has 0 aliphatic carbocycles. The van der Waals surface area contributed by atoms with Crippen molar-refractivity contribution in [3.8, 4) is 5.75 Å². The van der Waals surface area contributed by atoms with Crippen molar-refractivity contribution in [3.63, 3.8) is 0 Å². The maximum Gasteiger partial charge on any atom is 0.268 e. The van der Waals surface area contributed by atoms with Gasteiger partial charge in [0.2, 0.25) is 0 Å². The molecule has 78 valence electrons. The highest BCUT2D eigenvalue weighted by molar-refractivity contribution is 9.08. The molecule has 0 saturated heterocycles. The number of aromatic nitrogens is 1. The van der Waals surface area contributed by atoms with Crippen molar-refractivity contribution >= 4 is 27.5 Å². The molecule has 0 radical (unpaired) electrons. The highest BCUT2D eigenvalue weighted by atomic mass is 79.9. The zero-order valence-electron chi connectivity index (χ0n) is 7.23. The van der Waals surface area contributed by atoms with Gasteiger partial charge in [-0.2, -0.15) is 0 Å². The average Bonchev–Trinajstić information content (AvgIpc) is 2.17. The molecule has 0 atom stereocenters. The molecule has 1 aromatic heterocycles. The maximum absolute atomic E-state index is 12.4. The summed E-state index contributed by atoms with van der Waals surface area (Å²) in [6, 6.07) is 0. The second-order valence-electron chi connectivity index (χ2n) is 2.44.